The molecular weight excluding hydrogens is 134 g/mol. The molecule has 0 aromatic rings. The number of ether oxygens (including phenoxy) is 1. The Morgan fingerprint density at radius 3 is 2.60 bits per heavy atom. The van der Waals surface area contributed by atoms with Crippen molar-refractivity contribution in [3.8, 4) is 0 Å². The number of carboxylic acids is 1. The van der Waals surface area contributed by atoms with Crippen LogP contribution < -0.4 is 5.32 Å². The first-order valence-electron chi connectivity index (χ1n) is 2.91. The van der Waals surface area contributed by atoms with Crippen LogP contribution in [0.5, 0.6) is 0 Å². The number of nitrogens with one attached hydrogen (secondary N) is 1. The van der Waals surface area contributed by atoms with Gasteiger partial charge in [-0.25, -0.2) is 4.79 Å². The standard InChI is InChI=1S/C6H9NO3/c1-6(2)7-4(3-10-6)5(8)9/h3,7H,1-2H3,(H,8,9). The molecule has 0 amide bonds. The average Bonchev–Trinajstić information content (AvgIpc) is 2.10. The molecule has 56 valence electrons. The molecule has 0 unspecified atom stereocenters. The van der Waals surface area contributed by atoms with E-state index in [4.69, 9.17) is 9.84 Å². The lowest BCUT2D eigenvalue weighted by Gasteiger charge is -2.18. The molecule has 0 atom stereocenters. The number of rotatable bonds is 1. The van der Waals surface area contributed by atoms with Crippen LogP contribution in [-0.4, -0.2) is 16.8 Å². The molecule has 0 saturated carbocycles. The molecule has 1 rings (SSSR count). The van der Waals surface area contributed by atoms with E-state index in [2.05, 4.69) is 5.32 Å². The summed E-state index contributed by atoms with van der Waals surface area (Å²) in [7, 11) is 0. The second-order valence-electron chi connectivity index (χ2n) is 2.59. The maximum absolute atomic E-state index is 10.3. The molecule has 0 aromatic heterocycles. The van der Waals surface area contributed by atoms with E-state index in [0.29, 0.717) is 0 Å². The smallest absolute Gasteiger partial charge is 0.355 e. The van der Waals surface area contributed by atoms with Crippen molar-refractivity contribution in [2.45, 2.75) is 19.6 Å². The Morgan fingerprint density at radius 2 is 2.40 bits per heavy atom. The Kier molecular flexibility index (Phi) is 1.31. The first-order chi connectivity index (χ1) is 4.51. The SMILES string of the molecule is CC1(C)NC(C(=O)O)=CO1. The van der Waals surface area contributed by atoms with Crippen molar-refractivity contribution in [1.82, 2.24) is 5.32 Å². The van der Waals surface area contributed by atoms with E-state index in [1.54, 1.807) is 13.8 Å². The van der Waals surface area contributed by atoms with Crippen molar-refractivity contribution in [2.24, 2.45) is 0 Å². The van der Waals surface area contributed by atoms with Gasteiger partial charge in [0.25, 0.3) is 0 Å². The highest BCUT2D eigenvalue weighted by atomic mass is 16.5. The van der Waals surface area contributed by atoms with Crippen LogP contribution in [0.15, 0.2) is 12.0 Å². The monoisotopic (exact) mass is 143 g/mol. The molecule has 1 aliphatic rings. The summed E-state index contributed by atoms with van der Waals surface area (Å²) in [5, 5.41) is 11.1. The van der Waals surface area contributed by atoms with Crippen LogP contribution in [0, 0.1) is 0 Å². The molecule has 4 heteroatoms. The Morgan fingerprint density at radius 1 is 1.80 bits per heavy atom. The Balaban J connectivity index is 2.64. The van der Waals surface area contributed by atoms with Gasteiger partial charge >= 0.3 is 5.97 Å². The summed E-state index contributed by atoms with van der Waals surface area (Å²) in [6.45, 7) is 3.50. The van der Waals surface area contributed by atoms with Crippen LogP contribution in [-0.2, 0) is 9.53 Å². The van der Waals surface area contributed by atoms with Gasteiger partial charge in [0.2, 0.25) is 0 Å². The largest absolute Gasteiger partial charge is 0.476 e. The van der Waals surface area contributed by atoms with Crippen LogP contribution in [0.3, 0.4) is 0 Å². The van der Waals surface area contributed by atoms with Crippen LogP contribution in [0.4, 0.5) is 0 Å². The van der Waals surface area contributed by atoms with E-state index in [1.165, 1.54) is 6.26 Å². The van der Waals surface area contributed by atoms with Crippen molar-refractivity contribution in [3.63, 3.8) is 0 Å². The summed E-state index contributed by atoms with van der Waals surface area (Å²) in [4.78, 5) is 10.3. The van der Waals surface area contributed by atoms with Gasteiger partial charge in [-0.2, -0.15) is 0 Å². The first-order valence-corrected chi connectivity index (χ1v) is 2.91. The average molecular weight is 143 g/mol. The number of hydrogen-bond acceptors (Lipinski definition) is 3. The van der Waals surface area contributed by atoms with Gasteiger partial charge in [0.05, 0.1) is 0 Å². The maximum Gasteiger partial charge on any atom is 0.355 e. The van der Waals surface area contributed by atoms with Crippen molar-refractivity contribution in [3.05, 3.63) is 12.0 Å². The summed E-state index contributed by atoms with van der Waals surface area (Å²) < 4.78 is 4.96. The zero-order valence-electron chi connectivity index (χ0n) is 5.84. The molecule has 0 spiro atoms. The third-order valence-electron chi connectivity index (χ3n) is 1.14. The third-order valence-corrected chi connectivity index (χ3v) is 1.14. The number of hydrogen-bond donors (Lipinski definition) is 2. The third kappa shape index (κ3) is 1.21. The minimum atomic E-state index is -0.995. The molecule has 2 N–H and O–H groups in total. The van der Waals surface area contributed by atoms with Crippen molar-refractivity contribution < 1.29 is 14.6 Å². The summed E-state index contributed by atoms with van der Waals surface area (Å²) >= 11 is 0. The molecular formula is C6H9NO3. The van der Waals surface area contributed by atoms with Crippen molar-refractivity contribution >= 4 is 5.97 Å². The highest BCUT2D eigenvalue weighted by Gasteiger charge is 2.27. The van der Waals surface area contributed by atoms with E-state index >= 15 is 0 Å². The number of carbonyl (C=O) groups is 1. The van der Waals surface area contributed by atoms with Gasteiger partial charge in [-0.15, -0.1) is 0 Å². The van der Waals surface area contributed by atoms with Gasteiger partial charge in [0.15, 0.2) is 11.4 Å². The fourth-order valence-electron chi connectivity index (χ4n) is 0.693. The molecule has 0 fully saturated rings. The van der Waals surface area contributed by atoms with Gasteiger partial charge in [-0.1, -0.05) is 0 Å². The van der Waals surface area contributed by atoms with E-state index in [0.717, 1.165) is 0 Å². The Bertz CT molecular complexity index is 195. The van der Waals surface area contributed by atoms with Crippen LogP contribution in [0.2, 0.25) is 0 Å². The summed E-state index contributed by atoms with van der Waals surface area (Å²) in [5.74, 6) is -0.995. The predicted molar refractivity (Wildman–Crippen MR) is 34.0 cm³/mol. The Labute approximate surface area is 58.5 Å². The lowest BCUT2D eigenvalue weighted by atomic mass is 10.3. The minimum Gasteiger partial charge on any atom is -0.476 e. The van der Waals surface area contributed by atoms with Crippen LogP contribution >= 0.6 is 0 Å². The molecule has 0 aromatic carbocycles. The molecule has 1 aliphatic heterocycles. The molecule has 0 radical (unpaired) electrons. The normalized spacial score (nSPS) is 20.8. The second kappa shape index (κ2) is 1.90. The Hall–Kier alpha value is -1.19. The lowest BCUT2D eigenvalue weighted by Crippen LogP contribution is -2.36. The number of aliphatic carboxylic acids is 1. The van der Waals surface area contributed by atoms with Gasteiger partial charge in [-0.3, -0.25) is 0 Å². The number of carboxylic acid groups (broad SMARTS) is 1. The zero-order chi connectivity index (χ0) is 7.78. The van der Waals surface area contributed by atoms with Gasteiger partial charge in [-0.05, 0) is 13.8 Å². The first kappa shape index (κ1) is 6.92. The quantitative estimate of drug-likeness (QED) is 0.553. The highest BCUT2D eigenvalue weighted by Crippen LogP contribution is 2.15. The molecule has 0 aliphatic carbocycles. The molecule has 0 bridgehead atoms. The fourth-order valence-corrected chi connectivity index (χ4v) is 0.693. The van der Waals surface area contributed by atoms with Crippen LogP contribution in [0.1, 0.15) is 13.8 Å². The van der Waals surface area contributed by atoms with Crippen molar-refractivity contribution in [1.29, 1.82) is 0 Å². The minimum absolute atomic E-state index is 0.102. The zero-order valence-corrected chi connectivity index (χ0v) is 5.84. The van der Waals surface area contributed by atoms with E-state index < -0.39 is 11.7 Å². The molecule has 0 saturated heterocycles. The van der Waals surface area contributed by atoms with E-state index in [-0.39, 0.29) is 5.70 Å². The fraction of sp³-hybridized carbons (Fsp3) is 0.500. The predicted octanol–water partition coefficient (Wildman–Crippen LogP) is 0.268. The summed E-state index contributed by atoms with van der Waals surface area (Å²) in [6.07, 6.45) is 1.21. The van der Waals surface area contributed by atoms with Crippen LogP contribution in [0.25, 0.3) is 0 Å². The van der Waals surface area contributed by atoms with Gasteiger partial charge in [0.1, 0.15) is 6.26 Å². The maximum atomic E-state index is 10.3. The van der Waals surface area contributed by atoms with Crippen molar-refractivity contribution in [2.75, 3.05) is 0 Å². The molecule has 10 heavy (non-hydrogen) atoms. The molecule has 1 heterocycles. The van der Waals surface area contributed by atoms with E-state index in [9.17, 15) is 4.79 Å². The summed E-state index contributed by atoms with van der Waals surface area (Å²) in [6, 6.07) is 0. The molecule has 4 nitrogen and oxygen atoms in total. The summed E-state index contributed by atoms with van der Waals surface area (Å²) in [5.41, 5.74) is -0.474. The highest BCUT2D eigenvalue weighted by molar-refractivity contribution is 5.86. The van der Waals surface area contributed by atoms with Gasteiger partial charge in [0, 0.05) is 0 Å². The van der Waals surface area contributed by atoms with Gasteiger partial charge < -0.3 is 15.2 Å². The second-order valence-corrected chi connectivity index (χ2v) is 2.59. The van der Waals surface area contributed by atoms with E-state index in [1.807, 2.05) is 0 Å². The topological polar surface area (TPSA) is 58.6 Å². The lowest BCUT2D eigenvalue weighted by molar-refractivity contribution is -0.133.